The van der Waals surface area contributed by atoms with Gasteiger partial charge in [0.05, 0.1) is 6.10 Å². The van der Waals surface area contributed by atoms with Crippen molar-refractivity contribution in [1.29, 1.82) is 0 Å². The van der Waals surface area contributed by atoms with Crippen molar-refractivity contribution in [3.8, 4) is 0 Å². The molecule has 0 aliphatic heterocycles. The van der Waals surface area contributed by atoms with Crippen LogP contribution in [0.15, 0.2) is 29.5 Å². The molecule has 0 spiro atoms. The lowest BCUT2D eigenvalue weighted by Crippen LogP contribution is -2.12. The summed E-state index contributed by atoms with van der Waals surface area (Å²) in [4.78, 5) is 11.5. The summed E-state index contributed by atoms with van der Waals surface area (Å²) in [6.45, 7) is 2.08. The maximum Gasteiger partial charge on any atom is 0.169 e. The van der Waals surface area contributed by atoms with Crippen molar-refractivity contribution >= 4 is 5.78 Å². The van der Waals surface area contributed by atoms with Gasteiger partial charge in [-0.2, -0.15) is 0 Å². The van der Waals surface area contributed by atoms with E-state index in [0.717, 1.165) is 12.8 Å². The number of carbonyl (C=O) groups excluding carboxylic acids is 1. The van der Waals surface area contributed by atoms with E-state index in [-0.39, 0.29) is 18.7 Å². The second kappa shape index (κ2) is 7.18. The summed E-state index contributed by atoms with van der Waals surface area (Å²) in [6.07, 6.45) is 7.86. The molecule has 1 aliphatic rings. The SMILES string of the molecule is COCOC1/C=C/CC(=O)C(C)=C=CCC1. The van der Waals surface area contributed by atoms with Gasteiger partial charge in [-0.3, -0.25) is 4.79 Å². The second-order valence-corrected chi connectivity index (χ2v) is 3.72. The normalized spacial score (nSPS) is 24.0. The van der Waals surface area contributed by atoms with Gasteiger partial charge in [-0.25, -0.2) is 0 Å². The molecule has 0 aromatic rings. The van der Waals surface area contributed by atoms with Crippen LogP contribution in [0, 0.1) is 0 Å². The van der Waals surface area contributed by atoms with Gasteiger partial charge in [-0.15, -0.1) is 5.73 Å². The number of hydrogen-bond donors (Lipinski definition) is 0. The zero-order chi connectivity index (χ0) is 11.8. The first-order chi connectivity index (χ1) is 7.74. The number of ketones is 1. The van der Waals surface area contributed by atoms with E-state index in [1.54, 1.807) is 14.0 Å². The molecule has 0 radical (unpaired) electrons. The Morgan fingerprint density at radius 3 is 3.12 bits per heavy atom. The number of Topliss-reactive ketones (excluding diaryl/α,β-unsaturated/α-hetero) is 1. The van der Waals surface area contributed by atoms with Crippen LogP contribution in [0.1, 0.15) is 26.2 Å². The van der Waals surface area contributed by atoms with Gasteiger partial charge >= 0.3 is 0 Å². The largest absolute Gasteiger partial charge is 0.359 e. The minimum absolute atomic E-state index is 0.0178. The lowest BCUT2D eigenvalue weighted by atomic mass is 10.1. The molecule has 0 heterocycles. The fourth-order valence-corrected chi connectivity index (χ4v) is 1.42. The Bertz CT molecular complexity index is 322. The third-order valence-corrected chi connectivity index (χ3v) is 2.39. The smallest absolute Gasteiger partial charge is 0.169 e. The standard InChI is InChI=1S/C13H18O3/c1-11-6-3-4-7-12(16-10-15-2)8-5-9-13(11)14/h3,5,8,12H,4,7,9-10H2,1-2H3/b8-5+. The maximum atomic E-state index is 11.5. The highest BCUT2D eigenvalue weighted by Gasteiger charge is 2.06. The van der Waals surface area contributed by atoms with Gasteiger partial charge in [-0.05, 0) is 25.8 Å². The molecule has 1 unspecified atom stereocenters. The van der Waals surface area contributed by atoms with Crippen molar-refractivity contribution in [2.45, 2.75) is 32.3 Å². The highest BCUT2D eigenvalue weighted by Crippen LogP contribution is 2.09. The van der Waals surface area contributed by atoms with Crippen molar-refractivity contribution < 1.29 is 14.3 Å². The van der Waals surface area contributed by atoms with Crippen LogP contribution in [0.2, 0.25) is 0 Å². The van der Waals surface area contributed by atoms with Crippen LogP contribution >= 0.6 is 0 Å². The van der Waals surface area contributed by atoms with E-state index in [1.165, 1.54) is 0 Å². The first-order valence-electron chi connectivity index (χ1n) is 5.46. The summed E-state index contributed by atoms with van der Waals surface area (Å²) in [7, 11) is 1.60. The molecule has 0 saturated heterocycles. The number of methoxy groups -OCH3 is 1. The van der Waals surface area contributed by atoms with Gasteiger partial charge in [0.1, 0.15) is 6.79 Å². The molecule has 0 fully saturated rings. The molecular weight excluding hydrogens is 204 g/mol. The highest BCUT2D eigenvalue weighted by atomic mass is 16.7. The van der Waals surface area contributed by atoms with Gasteiger partial charge in [0, 0.05) is 19.1 Å². The second-order valence-electron chi connectivity index (χ2n) is 3.72. The molecule has 1 atom stereocenters. The Morgan fingerprint density at radius 1 is 1.56 bits per heavy atom. The molecular formula is C13H18O3. The lowest BCUT2D eigenvalue weighted by molar-refractivity contribution is -0.114. The van der Waals surface area contributed by atoms with Crippen LogP contribution in [0.5, 0.6) is 0 Å². The van der Waals surface area contributed by atoms with Crippen LogP contribution in [-0.2, 0) is 14.3 Å². The summed E-state index contributed by atoms with van der Waals surface area (Å²) >= 11 is 0. The van der Waals surface area contributed by atoms with Crippen molar-refractivity contribution in [2.24, 2.45) is 0 Å². The molecule has 1 aliphatic carbocycles. The maximum absolute atomic E-state index is 11.5. The minimum Gasteiger partial charge on any atom is -0.359 e. The van der Waals surface area contributed by atoms with E-state index >= 15 is 0 Å². The quantitative estimate of drug-likeness (QED) is 0.418. The average molecular weight is 222 g/mol. The minimum atomic E-state index is 0.0178. The topological polar surface area (TPSA) is 35.5 Å². The van der Waals surface area contributed by atoms with Gasteiger partial charge in [-0.1, -0.05) is 12.2 Å². The number of ether oxygens (including phenoxy) is 2. The molecule has 0 aromatic heterocycles. The zero-order valence-electron chi connectivity index (χ0n) is 9.86. The number of allylic oxidation sites excluding steroid dienone is 2. The van der Waals surface area contributed by atoms with Crippen molar-refractivity contribution in [3.63, 3.8) is 0 Å². The molecule has 88 valence electrons. The summed E-state index contributed by atoms with van der Waals surface area (Å²) in [5.74, 6) is 0.111. The van der Waals surface area contributed by atoms with Crippen LogP contribution in [0.25, 0.3) is 0 Å². The Labute approximate surface area is 96.4 Å². The predicted molar refractivity (Wildman–Crippen MR) is 62.0 cm³/mol. The first kappa shape index (κ1) is 12.9. The number of rotatable bonds is 3. The molecule has 0 N–H and O–H groups in total. The van der Waals surface area contributed by atoms with Gasteiger partial charge < -0.3 is 9.47 Å². The lowest BCUT2D eigenvalue weighted by Gasteiger charge is -2.12. The highest BCUT2D eigenvalue weighted by molar-refractivity contribution is 5.95. The van der Waals surface area contributed by atoms with E-state index in [1.807, 2.05) is 18.2 Å². The molecule has 0 saturated carbocycles. The Morgan fingerprint density at radius 2 is 2.38 bits per heavy atom. The number of carbonyl (C=O) groups is 1. The average Bonchev–Trinajstić information content (AvgIpc) is 2.29. The Hall–Kier alpha value is -1.15. The molecule has 3 nitrogen and oxygen atoms in total. The summed E-state index contributed by atoms with van der Waals surface area (Å²) in [5.41, 5.74) is 3.70. The summed E-state index contributed by atoms with van der Waals surface area (Å²) in [5, 5.41) is 0. The van der Waals surface area contributed by atoms with Gasteiger partial charge in [0.15, 0.2) is 5.78 Å². The third-order valence-electron chi connectivity index (χ3n) is 2.39. The van der Waals surface area contributed by atoms with Crippen LogP contribution in [0.3, 0.4) is 0 Å². The van der Waals surface area contributed by atoms with Crippen LogP contribution in [-0.4, -0.2) is 25.8 Å². The predicted octanol–water partition coefficient (Wildman–Crippen LogP) is 2.39. The van der Waals surface area contributed by atoms with Crippen LogP contribution in [0.4, 0.5) is 0 Å². The fourth-order valence-electron chi connectivity index (χ4n) is 1.42. The Balaban J connectivity index is 2.63. The fraction of sp³-hybridized carbons (Fsp3) is 0.538. The van der Waals surface area contributed by atoms with Crippen molar-refractivity contribution in [1.82, 2.24) is 0 Å². The third kappa shape index (κ3) is 4.58. The van der Waals surface area contributed by atoms with E-state index in [2.05, 4.69) is 5.73 Å². The van der Waals surface area contributed by atoms with Crippen molar-refractivity contribution in [3.05, 3.63) is 29.5 Å². The first-order valence-corrected chi connectivity index (χ1v) is 5.46. The van der Waals surface area contributed by atoms with E-state index in [9.17, 15) is 4.79 Å². The molecule has 0 bridgehead atoms. The van der Waals surface area contributed by atoms with E-state index in [4.69, 9.17) is 9.47 Å². The summed E-state index contributed by atoms with van der Waals surface area (Å²) < 4.78 is 10.3. The zero-order valence-corrected chi connectivity index (χ0v) is 9.86. The Kier molecular flexibility index (Phi) is 5.79. The monoisotopic (exact) mass is 222 g/mol. The molecule has 3 heteroatoms. The molecule has 1 rings (SSSR count). The molecule has 16 heavy (non-hydrogen) atoms. The van der Waals surface area contributed by atoms with E-state index in [0.29, 0.717) is 12.0 Å². The molecule has 0 aromatic carbocycles. The molecule has 0 amide bonds. The van der Waals surface area contributed by atoms with Crippen LogP contribution < -0.4 is 0 Å². The van der Waals surface area contributed by atoms with Gasteiger partial charge in [0.25, 0.3) is 0 Å². The van der Waals surface area contributed by atoms with E-state index < -0.39 is 0 Å². The number of hydrogen-bond acceptors (Lipinski definition) is 3. The summed E-state index contributed by atoms with van der Waals surface area (Å²) in [6, 6.07) is 0. The van der Waals surface area contributed by atoms with Gasteiger partial charge in [0.2, 0.25) is 0 Å². The van der Waals surface area contributed by atoms with Crippen molar-refractivity contribution in [2.75, 3.05) is 13.9 Å².